The summed E-state index contributed by atoms with van der Waals surface area (Å²) in [4.78, 5) is 4.77. The first kappa shape index (κ1) is 19.0. The molecule has 6 nitrogen and oxygen atoms in total. The zero-order valence-electron chi connectivity index (χ0n) is 16.0. The highest BCUT2D eigenvalue weighted by molar-refractivity contribution is 7.89. The highest BCUT2D eigenvalue weighted by Gasteiger charge is 2.31. The number of rotatable bonds is 6. The van der Waals surface area contributed by atoms with E-state index >= 15 is 0 Å². The third-order valence-corrected chi connectivity index (χ3v) is 7.12. The van der Waals surface area contributed by atoms with Gasteiger partial charge in [-0.05, 0) is 37.1 Å². The van der Waals surface area contributed by atoms with E-state index in [1.807, 2.05) is 61.6 Å². The Balaban J connectivity index is 1.44. The summed E-state index contributed by atoms with van der Waals surface area (Å²) in [7, 11) is -1.36. The summed E-state index contributed by atoms with van der Waals surface area (Å²) < 4.78 is 34.9. The predicted molar refractivity (Wildman–Crippen MR) is 110 cm³/mol. The van der Waals surface area contributed by atoms with Gasteiger partial charge < -0.3 is 9.30 Å². The van der Waals surface area contributed by atoms with E-state index < -0.39 is 10.0 Å². The van der Waals surface area contributed by atoms with Gasteiger partial charge in [-0.25, -0.2) is 17.7 Å². The molecule has 1 aromatic heterocycles. The summed E-state index contributed by atoms with van der Waals surface area (Å²) in [5, 5.41) is 0. The normalized spacial score (nSPS) is 18.4. The summed E-state index contributed by atoms with van der Waals surface area (Å²) in [6.45, 7) is 1.19. The van der Waals surface area contributed by atoms with E-state index in [4.69, 9.17) is 9.72 Å². The third-order valence-electron chi connectivity index (χ3n) is 5.32. The van der Waals surface area contributed by atoms with Crippen molar-refractivity contribution in [2.75, 3.05) is 25.4 Å². The van der Waals surface area contributed by atoms with E-state index in [1.165, 1.54) is 0 Å². The fraction of sp³-hybridized carbons (Fsp3) is 0.381. The second-order valence-electron chi connectivity index (χ2n) is 7.19. The van der Waals surface area contributed by atoms with Gasteiger partial charge >= 0.3 is 0 Å². The monoisotopic (exact) mass is 399 g/mol. The lowest BCUT2D eigenvalue weighted by Gasteiger charge is -2.31. The van der Waals surface area contributed by atoms with Crippen molar-refractivity contribution >= 4 is 21.1 Å². The van der Waals surface area contributed by atoms with Crippen LogP contribution >= 0.6 is 0 Å². The predicted octanol–water partition coefficient (Wildman–Crippen LogP) is 3.16. The van der Waals surface area contributed by atoms with Crippen molar-refractivity contribution in [3.8, 4) is 5.75 Å². The lowest BCUT2D eigenvalue weighted by Crippen LogP contribution is -2.41. The van der Waals surface area contributed by atoms with Gasteiger partial charge in [0.25, 0.3) is 0 Å². The number of sulfonamides is 1. The molecule has 1 fully saturated rings. The number of hydrogen-bond donors (Lipinski definition) is 0. The maximum Gasteiger partial charge on any atom is 0.217 e. The average Bonchev–Trinajstić information content (AvgIpc) is 3.06. The molecule has 7 heteroatoms. The minimum absolute atomic E-state index is 0.0167. The van der Waals surface area contributed by atoms with Crippen molar-refractivity contribution in [3.05, 3.63) is 60.4 Å². The van der Waals surface area contributed by atoms with E-state index in [1.54, 1.807) is 4.31 Å². The van der Waals surface area contributed by atoms with Crippen LogP contribution in [-0.4, -0.2) is 47.7 Å². The van der Waals surface area contributed by atoms with Gasteiger partial charge in [-0.1, -0.05) is 30.3 Å². The van der Waals surface area contributed by atoms with Gasteiger partial charge in [-0.3, -0.25) is 0 Å². The van der Waals surface area contributed by atoms with Crippen molar-refractivity contribution in [1.82, 2.24) is 13.9 Å². The largest absolute Gasteiger partial charge is 0.492 e. The lowest BCUT2D eigenvalue weighted by atomic mass is 9.99. The molecule has 2 aromatic carbocycles. The number of aromatic nitrogens is 2. The quantitative estimate of drug-likeness (QED) is 0.639. The standard InChI is InChI=1S/C21H25N3O3S/c1-23-20-12-6-5-11-19(20)22-21(23)17-8-7-13-24(16-17)28(25,26)15-14-27-18-9-3-2-4-10-18/h2-6,9-12,17H,7-8,13-16H2,1H3. The molecule has 1 unspecified atom stereocenters. The number of aryl methyl sites for hydroxylation is 1. The van der Waals surface area contributed by atoms with Gasteiger partial charge in [0.1, 0.15) is 18.2 Å². The second kappa shape index (κ2) is 7.93. The summed E-state index contributed by atoms with van der Waals surface area (Å²) in [6, 6.07) is 17.3. The molecular formula is C21H25N3O3S. The molecule has 0 N–H and O–H groups in total. The Morgan fingerprint density at radius 3 is 2.64 bits per heavy atom. The molecule has 4 rings (SSSR count). The molecule has 0 radical (unpaired) electrons. The molecule has 1 aliphatic rings. The Labute approximate surface area is 165 Å². The van der Waals surface area contributed by atoms with Crippen LogP contribution in [0.15, 0.2) is 54.6 Å². The minimum Gasteiger partial charge on any atom is -0.492 e. The summed E-state index contributed by atoms with van der Waals surface area (Å²) in [5.74, 6) is 1.74. The molecule has 148 valence electrons. The summed E-state index contributed by atoms with van der Waals surface area (Å²) in [6.07, 6.45) is 1.79. The first-order valence-electron chi connectivity index (χ1n) is 9.61. The van der Waals surface area contributed by atoms with Crippen LogP contribution < -0.4 is 4.74 Å². The highest BCUT2D eigenvalue weighted by Crippen LogP contribution is 2.29. The molecule has 3 aromatic rings. The van der Waals surface area contributed by atoms with Crippen LogP contribution in [0, 0.1) is 0 Å². The van der Waals surface area contributed by atoms with Gasteiger partial charge in [-0.15, -0.1) is 0 Å². The van der Waals surface area contributed by atoms with Gasteiger partial charge in [0.2, 0.25) is 10.0 Å². The van der Waals surface area contributed by atoms with Crippen LogP contribution in [0.3, 0.4) is 0 Å². The molecule has 2 heterocycles. The highest BCUT2D eigenvalue weighted by atomic mass is 32.2. The Morgan fingerprint density at radius 2 is 1.86 bits per heavy atom. The van der Waals surface area contributed by atoms with Crippen LogP contribution in [0.5, 0.6) is 5.75 Å². The van der Waals surface area contributed by atoms with Crippen LogP contribution in [0.4, 0.5) is 0 Å². The first-order valence-corrected chi connectivity index (χ1v) is 11.2. The molecule has 0 saturated carbocycles. The summed E-state index contributed by atoms with van der Waals surface area (Å²) >= 11 is 0. The fourth-order valence-corrected chi connectivity index (χ4v) is 5.21. The minimum atomic E-state index is -3.37. The van der Waals surface area contributed by atoms with E-state index in [9.17, 15) is 8.42 Å². The number of imidazole rings is 1. The Kier molecular flexibility index (Phi) is 5.37. The smallest absolute Gasteiger partial charge is 0.217 e. The fourth-order valence-electron chi connectivity index (χ4n) is 3.85. The summed E-state index contributed by atoms with van der Waals surface area (Å²) in [5.41, 5.74) is 2.03. The van der Waals surface area contributed by atoms with E-state index in [0.717, 1.165) is 29.7 Å². The van der Waals surface area contributed by atoms with Crippen molar-refractivity contribution in [3.63, 3.8) is 0 Å². The molecule has 1 saturated heterocycles. The van der Waals surface area contributed by atoms with Crippen LogP contribution in [0.25, 0.3) is 11.0 Å². The number of para-hydroxylation sites is 3. The van der Waals surface area contributed by atoms with Crippen LogP contribution in [0.1, 0.15) is 24.6 Å². The van der Waals surface area contributed by atoms with Crippen molar-refractivity contribution < 1.29 is 13.2 Å². The molecule has 1 atom stereocenters. The SMILES string of the molecule is Cn1c(C2CCCN(S(=O)(=O)CCOc3ccccc3)C2)nc2ccccc21. The number of hydrogen-bond acceptors (Lipinski definition) is 4. The Hall–Kier alpha value is -2.38. The lowest BCUT2D eigenvalue weighted by molar-refractivity contribution is 0.298. The average molecular weight is 400 g/mol. The molecule has 0 spiro atoms. The van der Waals surface area contributed by atoms with Gasteiger partial charge in [0.05, 0.1) is 16.8 Å². The Morgan fingerprint density at radius 1 is 1.11 bits per heavy atom. The van der Waals surface area contributed by atoms with E-state index in [0.29, 0.717) is 18.8 Å². The van der Waals surface area contributed by atoms with Crippen LogP contribution in [-0.2, 0) is 17.1 Å². The number of piperidine rings is 1. The van der Waals surface area contributed by atoms with E-state index in [2.05, 4.69) is 4.57 Å². The molecule has 0 aliphatic carbocycles. The maximum absolute atomic E-state index is 12.8. The number of fused-ring (bicyclic) bond motifs is 1. The van der Waals surface area contributed by atoms with E-state index in [-0.39, 0.29) is 18.3 Å². The van der Waals surface area contributed by atoms with Gasteiger partial charge in [0, 0.05) is 26.1 Å². The molecule has 0 bridgehead atoms. The molecule has 1 aliphatic heterocycles. The van der Waals surface area contributed by atoms with Crippen molar-refractivity contribution in [2.45, 2.75) is 18.8 Å². The van der Waals surface area contributed by atoms with Crippen molar-refractivity contribution in [1.29, 1.82) is 0 Å². The first-order chi connectivity index (χ1) is 13.5. The number of benzene rings is 2. The molecule has 0 amide bonds. The molecule has 28 heavy (non-hydrogen) atoms. The number of nitrogens with zero attached hydrogens (tertiary/aromatic N) is 3. The second-order valence-corrected chi connectivity index (χ2v) is 9.28. The zero-order chi connectivity index (χ0) is 19.6. The number of ether oxygens (including phenoxy) is 1. The third kappa shape index (κ3) is 3.91. The van der Waals surface area contributed by atoms with Crippen molar-refractivity contribution in [2.24, 2.45) is 7.05 Å². The van der Waals surface area contributed by atoms with Gasteiger partial charge in [-0.2, -0.15) is 0 Å². The topological polar surface area (TPSA) is 64.4 Å². The molecular weight excluding hydrogens is 374 g/mol. The van der Waals surface area contributed by atoms with Crippen LogP contribution in [0.2, 0.25) is 0 Å². The maximum atomic E-state index is 12.8. The zero-order valence-corrected chi connectivity index (χ0v) is 16.8. The Bertz CT molecular complexity index is 1050. The van der Waals surface area contributed by atoms with Gasteiger partial charge in [0.15, 0.2) is 0 Å².